The van der Waals surface area contributed by atoms with Crippen LogP contribution in [0.15, 0.2) is 97.1 Å². The number of ether oxygens (including phenoxy) is 1. The number of nitrogens with zero attached hydrogens (tertiary/aromatic N) is 3. The van der Waals surface area contributed by atoms with Crippen molar-refractivity contribution in [3.05, 3.63) is 125 Å². The van der Waals surface area contributed by atoms with Crippen LogP contribution in [0.1, 0.15) is 32.6 Å². The van der Waals surface area contributed by atoms with Gasteiger partial charge in [-0.15, -0.1) is 0 Å². The number of hydrogen-bond donors (Lipinski definition) is 0. The second kappa shape index (κ2) is 10.5. The molecule has 0 amide bonds. The number of carbonyl (C=O) groups excluding carboxylic acids is 1. The molecule has 0 saturated heterocycles. The van der Waals surface area contributed by atoms with Crippen LogP contribution in [0.3, 0.4) is 0 Å². The fourth-order valence-corrected chi connectivity index (χ4v) is 3.62. The van der Waals surface area contributed by atoms with E-state index in [1.165, 1.54) is 19.2 Å². The highest BCUT2D eigenvalue weighted by molar-refractivity contribution is 5.91. The van der Waals surface area contributed by atoms with E-state index < -0.39 is 5.97 Å². The summed E-state index contributed by atoms with van der Waals surface area (Å²) >= 11 is 0. The molecule has 0 aliphatic carbocycles. The van der Waals surface area contributed by atoms with E-state index in [2.05, 4.69) is 16.7 Å². The summed E-state index contributed by atoms with van der Waals surface area (Å²) in [6.07, 6.45) is 0. The van der Waals surface area contributed by atoms with E-state index in [1.807, 2.05) is 97.1 Å². The van der Waals surface area contributed by atoms with E-state index in [0.29, 0.717) is 0 Å². The van der Waals surface area contributed by atoms with E-state index in [-0.39, 0.29) is 22.3 Å². The van der Waals surface area contributed by atoms with Gasteiger partial charge in [0.05, 0.1) is 29.4 Å². The number of hydrogen-bond acceptors (Lipinski definition) is 5. The van der Waals surface area contributed by atoms with Crippen LogP contribution in [-0.4, -0.2) is 13.1 Å². The van der Waals surface area contributed by atoms with Crippen LogP contribution in [0.25, 0.3) is 0 Å². The van der Waals surface area contributed by atoms with Gasteiger partial charge < -0.3 is 9.64 Å². The van der Waals surface area contributed by atoms with Crippen LogP contribution in [0, 0.1) is 34.5 Å². The number of methoxy groups -OCH3 is 1. The zero-order valence-corrected chi connectivity index (χ0v) is 18.9. The number of carbonyl (C=O) groups is 1. The van der Waals surface area contributed by atoms with Crippen molar-refractivity contribution in [2.24, 2.45) is 0 Å². The van der Waals surface area contributed by atoms with Crippen molar-refractivity contribution >= 4 is 23.0 Å². The minimum Gasteiger partial charge on any atom is -0.465 e. The summed E-state index contributed by atoms with van der Waals surface area (Å²) in [5.41, 5.74) is 4.45. The minimum atomic E-state index is -0.616. The zero-order chi connectivity index (χ0) is 24.6. The normalized spacial score (nSPS) is 9.69. The molecule has 0 N–H and O–H groups in total. The predicted molar refractivity (Wildman–Crippen MR) is 134 cm³/mol. The first-order chi connectivity index (χ1) is 17.1. The highest BCUT2D eigenvalue weighted by Crippen LogP contribution is 2.34. The fraction of sp³-hybridized carbons (Fsp3) is 0.0333. The molecular formula is C30H19N3O2. The minimum absolute atomic E-state index is 0.136. The molecule has 0 aromatic heterocycles. The SMILES string of the molecule is COC(=O)c1cc(C#N)c(C#Cc2ccc(N(c3ccccc3)c3ccccc3)cc2)c(C#N)c1. The molecule has 4 aromatic carbocycles. The number of esters is 1. The van der Waals surface area contributed by atoms with E-state index in [4.69, 9.17) is 4.74 Å². The van der Waals surface area contributed by atoms with E-state index in [0.717, 1.165) is 22.6 Å². The zero-order valence-electron chi connectivity index (χ0n) is 18.9. The number of rotatable bonds is 4. The van der Waals surface area contributed by atoms with Gasteiger partial charge in [-0.3, -0.25) is 0 Å². The summed E-state index contributed by atoms with van der Waals surface area (Å²) in [7, 11) is 1.24. The van der Waals surface area contributed by atoms with Crippen molar-refractivity contribution in [1.29, 1.82) is 10.5 Å². The Kier molecular flexibility index (Phi) is 6.89. The van der Waals surface area contributed by atoms with E-state index in [9.17, 15) is 15.3 Å². The number of anilines is 3. The molecule has 5 nitrogen and oxygen atoms in total. The maximum Gasteiger partial charge on any atom is 0.337 e. The molecule has 0 heterocycles. The highest BCUT2D eigenvalue weighted by Gasteiger charge is 2.14. The largest absolute Gasteiger partial charge is 0.465 e. The van der Waals surface area contributed by atoms with Gasteiger partial charge in [0.15, 0.2) is 0 Å². The van der Waals surface area contributed by atoms with Gasteiger partial charge in [0.1, 0.15) is 12.1 Å². The molecule has 0 fully saturated rings. The van der Waals surface area contributed by atoms with E-state index in [1.54, 1.807) is 0 Å². The maximum absolute atomic E-state index is 11.9. The molecule has 4 rings (SSSR count). The second-order valence-corrected chi connectivity index (χ2v) is 7.46. The Hall–Kier alpha value is -5.31. The average Bonchev–Trinajstić information content (AvgIpc) is 2.93. The molecular weight excluding hydrogens is 434 g/mol. The molecule has 5 heteroatoms. The Bertz CT molecular complexity index is 1430. The quantitative estimate of drug-likeness (QED) is 0.276. The third-order valence-electron chi connectivity index (χ3n) is 5.29. The summed E-state index contributed by atoms with van der Waals surface area (Å²) < 4.78 is 4.70. The molecule has 0 unspecified atom stereocenters. The Morgan fingerprint density at radius 3 is 1.66 bits per heavy atom. The first-order valence-electron chi connectivity index (χ1n) is 10.7. The molecule has 0 saturated carbocycles. The fourth-order valence-electron chi connectivity index (χ4n) is 3.62. The van der Waals surface area contributed by atoms with Crippen molar-refractivity contribution in [2.45, 2.75) is 0 Å². The average molecular weight is 454 g/mol. The standard InChI is InChI=1S/C30H19N3O2/c1-35-30(34)23-18-24(20-31)29(25(19-23)21-32)17-14-22-12-15-28(16-13-22)33(26-8-4-2-5-9-26)27-10-6-3-7-11-27/h2-13,15-16,18-19H,1H3. The van der Waals surface area contributed by atoms with Gasteiger partial charge in [-0.1, -0.05) is 48.2 Å². The highest BCUT2D eigenvalue weighted by atomic mass is 16.5. The molecule has 0 aliphatic rings. The number of nitriles is 2. The third kappa shape index (κ3) is 5.04. The Balaban J connectivity index is 1.70. The first-order valence-corrected chi connectivity index (χ1v) is 10.7. The Morgan fingerprint density at radius 2 is 1.20 bits per heavy atom. The molecule has 4 aromatic rings. The van der Waals surface area contributed by atoms with Gasteiger partial charge >= 0.3 is 5.97 Å². The third-order valence-corrected chi connectivity index (χ3v) is 5.29. The molecule has 0 radical (unpaired) electrons. The van der Waals surface area contributed by atoms with Crippen LogP contribution in [0.4, 0.5) is 17.1 Å². The topological polar surface area (TPSA) is 77.1 Å². The molecule has 0 atom stereocenters. The second-order valence-electron chi connectivity index (χ2n) is 7.46. The smallest absolute Gasteiger partial charge is 0.337 e. The van der Waals surface area contributed by atoms with Crippen molar-refractivity contribution in [3.63, 3.8) is 0 Å². The summed E-state index contributed by atoms with van der Waals surface area (Å²) in [6, 6.07) is 34.7. The lowest BCUT2D eigenvalue weighted by Gasteiger charge is -2.25. The van der Waals surface area contributed by atoms with Gasteiger partial charge in [-0.05, 0) is 60.7 Å². The van der Waals surface area contributed by atoms with Gasteiger partial charge in [-0.2, -0.15) is 10.5 Å². The summed E-state index contributed by atoms with van der Waals surface area (Å²) in [6.45, 7) is 0. The lowest BCUT2D eigenvalue weighted by Crippen LogP contribution is -2.09. The van der Waals surface area contributed by atoms with Crippen molar-refractivity contribution in [1.82, 2.24) is 0 Å². The van der Waals surface area contributed by atoms with Crippen molar-refractivity contribution in [2.75, 3.05) is 12.0 Å². The predicted octanol–water partition coefficient (Wildman–Crippen LogP) is 6.09. The van der Waals surface area contributed by atoms with E-state index >= 15 is 0 Å². The first kappa shape index (κ1) is 22.9. The van der Waals surface area contributed by atoms with Crippen molar-refractivity contribution < 1.29 is 9.53 Å². The lowest BCUT2D eigenvalue weighted by molar-refractivity contribution is 0.0600. The molecule has 35 heavy (non-hydrogen) atoms. The van der Waals surface area contributed by atoms with Gasteiger partial charge in [0, 0.05) is 22.6 Å². The van der Waals surface area contributed by atoms with Crippen LogP contribution in [-0.2, 0) is 4.74 Å². The Morgan fingerprint density at radius 1 is 0.714 bits per heavy atom. The van der Waals surface area contributed by atoms with Crippen LogP contribution < -0.4 is 4.90 Å². The lowest BCUT2D eigenvalue weighted by atomic mass is 9.98. The van der Waals surface area contributed by atoms with Crippen LogP contribution in [0.5, 0.6) is 0 Å². The maximum atomic E-state index is 11.9. The monoisotopic (exact) mass is 453 g/mol. The number of benzene rings is 4. The number of para-hydroxylation sites is 2. The van der Waals surface area contributed by atoms with Gasteiger partial charge in [-0.25, -0.2) is 4.79 Å². The van der Waals surface area contributed by atoms with Crippen LogP contribution >= 0.6 is 0 Å². The molecule has 166 valence electrons. The van der Waals surface area contributed by atoms with Crippen LogP contribution in [0.2, 0.25) is 0 Å². The molecule has 0 aliphatic heterocycles. The molecule has 0 bridgehead atoms. The van der Waals surface area contributed by atoms with Crippen molar-refractivity contribution in [3.8, 4) is 24.0 Å². The summed E-state index contributed by atoms with van der Waals surface area (Å²) in [4.78, 5) is 14.0. The summed E-state index contributed by atoms with van der Waals surface area (Å²) in [5.74, 6) is 5.35. The summed E-state index contributed by atoms with van der Waals surface area (Å²) in [5, 5.41) is 19.1. The molecule has 0 spiro atoms. The van der Waals surface area contributed by atoms with Gasteiger partial charge in [0.25, 0.3) is 0 Å². The Labute approximate surface area is 204 Å². The van der Waals surface area contributed by atoms with Gasteiger partial charge in [0.2, 0.25) is 0 Å².